The van der Waals surface area contributed by atoms with E-state index < -0.39 is 0 Å². The van der Waals surface area contributed by atoms with E-state index in [1.807, 2.05) is 18.2 Å². The van der Waals surface area contributed by atoms with Crippen molar-refractivity contribution in [3.05, 3.63) is 67.3 Å². The minimum atomic E-state index is -0.327. The summed E-state index contributed by atoms with van der Waals surface area (Å²) < 4.78 is 15.7. The third-order valence-electron chi connectivity index (χ3n) is 2.93. The maximum atomic E-state index is 13.8. The highest BCUT2D eigenvalue weighted by atomic mass is 79.9. The minimum absolute atomic E-state index is 0.195. The van der Waals surface area contributed by atoms with Crippen molar-refractivity contribution in [1.82, 2.24) is 5.43 Å². The summed E-state index contributed by atoms with van der Waals surface area (Å²) in [5.74, 6) is 5.28. The molecule has 2 aromatic rings. The molecule has 0 bridgehead atoms. The molecule has 0 amide bonds. The van der Waals surface area contributed by atoms with Crippen LogP contribution in [0.2, 0.25) is 5.02 Å². The van der Waals surface area contributed by atoms with Crippen molar-refractivity contribution < 1.29 is 4.39 Å². The maximum Gasteiger partial charge on any atom is 0.127 e. The molecule has 2 rings (SSSR count). The average molecular weight is 423 g/mol. The SMILES string of the molecule is NNC(Cc1ccc(Cl)cc1F)c1cc(Br)cc(Br)c1. The van der Waals surface area contributed by atoms with Crippen LogP contribution < -0.4 is 11.3 Å². The second-order valence-corrected chi connectivity index (χ2v) is 6.63. The standard InChI is InChI=1S/C14H12Br2ClFN2/c15-10-3-9(4-11(16)6-10)14(20-19)5-8-1-2-12(17)7-13(8)18/h1-4,6-7,14,20H,5,19H2. The number of nitrogens with one attached hydrogen (secondary N) is 1. The van der Waals surface area contributed by atoms with Crippen LogP contribution in [-0.4, -0.2) is 0 Å². The van der Waals surface area contributed by atoms with E-state index >= 15 is 0 Å². The summed E-state index contributed by atoms with van der Waals surface area (Å²) >= 11 is 12.6. The van der Waals surface area contributed by atoms with Gasteiger partial charge in [0.25, 0.3) is 0 Å². The van der Waals surface area contributed by atoms with Crippen molar-refractivity contribution >= 4 is 43.5 Å². The lowest BCUT2D eigenvalue weighted by molar-refractivity contribution is 0.529. The highest BCUT2D eigenvalue weighted by Gasteiger charge is 2.14. The zero-order chi connectivity index (χ0) is 14.7. The predicted molar refractivity (Wildman–Crippen MR) is 87.0 cm³/mol. The largest absolute Gasteiger partial charge is 0.271 e. The van der Waals surface area contributed by atoms with Gasteiger partial charge in [-0.3, -0.25) is 11.3 Å². The van der Waals surface area contributed by atoms with E-state index in [1.54, 1.807) is 12.1 Å². The Morgan fingerprint density at radius 2 is 1.80 bits per heavy atom. The second-order valence-electron chi connectivity index (χ2n) is 4.36. The van der Waals surface area contributed by atoms with E-state index in [2.05, 4.69) is 37.3 Å². The molecule has 6 heteroatoms. The highest BCUT2D eigenvalue weighted by Crippen LogP contribution is 2.27. The van der Waals surface area contributed by atoms with E-state index in [0.29, 0.717) is 17.0 Å². The monoisotopic (exact) mass is 420 g/mol. The first-order valence-electron chi connectivity index (χ1n) is 5.85. The number of benzene rings is 2. The number of hydrogen-bond acceptors (Lipinski definition) is 2. The molecule has 0 saturated carbocycles. The summed E-state index contributed by atoms with van der Waals surface area (Å²) in [4.78, 5) is 0. The third-order valence-corrected chi connectivity index (χ3v) is 4.08. The summed E-state index contributed by atoms with van der Waals surface area (Å²) in [6.45, 7) is 0. The van der Waals surface area contributed by atoms with Gasteiger partial charge in [0.1, 0.15) is 5.82 Å². The van der Waals surface area contributed by atoms with Crippen LogP contribution >= 0.6 is 43.5 Å². The molecule has 0 aliphatic rings. The van der Waals surface area contributed by atoms with Gasteiger partial charge in [-0.1, -0.05) is 49.5 Å². The molecule has 0 spiro atoms. The van der Waals surface area contributed by atoms with Crippen LogP contribution in [0.4, 0.5) is 4.39 Å². The summed E-state index contributed by atoms with van der Waals surface area (Å²) in [6.07, 6.45) is 0.433. The van der Waals surface area contributed by atoms with Crippen LogP contribution in [-0.2, 0) is 6.42 Å². The lowest BCUT2D eigenvalue weighted by Crippen LogP contribution is -2.29. The number of nitrogens with two attached hydrogens (primary N) is 1. The van der Waals surface area contributed by atoms with Gasteiger partial charge in [0, 0.05) is 14.0 Å². The van der Waals surface area contributed by atoms with Gasteiger partial charge in [0.2, 0.25) is 0 Å². The van der Waals surface area contributed by atoms with Crippen molar-refractivity contribution in [3.63, 3.8) is 0 Å². The Bertz CT molecular complexity index is 602. The molecule has 106 valence electrons. The van der Waals surface area contributed by atoms with Gasteiger partial charge < -0.3 is 0 Å². The number of halogens is 4. The number of hydrazine groups is 1. The Morgan fingerprint density at radius 3 is 2.35 bits per heavy atom. The average Bonchev–Trinajstić information content (AvgIpc) is 2.36. The molecule has 20 heavy (non-hydrogen) atoms. The van der Waals surface area contributed by atoms with Gasteiger partial charge in [-0.2, -0.15) is 0 Å². The van der Waals surface area contributed by atoms with Crippen LogP contribution in [0, 0.1) is 5.82 Å². The fourth-order valence-corrected chi connectivity index (χ4v) is 3.44. The lowest BCUT2D eigenvalue weighted by Gasteiger charge is -2.17. The van der Waals surface area contributed by atoms with Crippen LogP contribution in [0.5, 0.6) is 0 Å². The summed E-state index contributed by atoms with van der Waals surface area (Å²) in [6, 6.07) is 10.3. The van der Waals surface area contributed by atoms with Gasteiger partial charge in [-0.05, 0) is 47.9 Å². The molecule has 0 aromatic heterocycles. The number of hydrogen-bond donors (Lipinski definition) is 2. The van der Waals surface area contributed by atoms with Crippen LogP contribution in [0.25, 0.3) is 0 Å². The van der Waals surface area contributed by atoms with E-state index in [0.717, 1.165) is 14.5 Å². The lowest BCUT2D eigenvalue weighted by atomic mass is 9.99. The molecule has 3 N–H and O–H groups in total. The minimum Gasteiger partial charge on any atom is -0.271 e. The quantitative estimate of drug-likeness (QED) is 0.551. The Morgan fingerprint density at radius 1 is 1.15 bits per heavy atom. The van der Waals surface area contributed by atoms with Gasteiger partial charge in [0.15, 0.2) is 0 Å². The highest BCUT2D eigenvalue weighted by molar-refractivity contribution is 9.11. The Labute approximate surface area is 138 Å². The van der Waals surface area contributed by atoms with Crippen molar-refractivity contribution in [3.8, 4) is 0 Å². The van der Waals surface area contributed by atoms with E-state index in [4.69, 9.17) is 17.4 Å². The van der Waals surface area contributed by atoms with Crippen molar-refractivity contribution in [1.29, 1.82) is 0 Å². The zero-order valence-corrected chi connectivity index (χ0v) is 14.3. The summed E-state index contributed by atoms with van der Waals surface area (Å²) in [5, 5.41) is 0.383. The summed E-state index contributed by atoms with van der Waals surface area (Å²) in [5.41, 5.74) is 4.25. The van der Waals surface area contributed by atoms with Crippen molar-refractivity contribution in [2.45, 2.75) is 12.5 Å². The molecule has 1 unspecified atom stereocenters. The van der Waals surface area contributed by atoms with Crippen LogP contribution in [0.15, 0.2) is 45.3 Å². The van der Waals surface area contributed by atoms with Gasteiger partial charge in [-0.25, -0.2) is 4.39 Å². The van der Waals surface area contributed by atoms with E-state index in [-0.39, 0.29) is 11.9 Å². The topological polar surface area (TPSA) is 38.0 Å². The molecule has 0 heterocycles. The van der Waals surface area contributed by atoms with Crippen LogP contribution in [0.3, 0.4) is 0 Å². The first-order valence-corrected chi connectivity index (χ1v) is 7.82. The molecule has 0 fully saturated rings. The molecule has 2 aromatic carbocycles. The summed E-state index contributed by atoms with van der Waals surface area (Å²) in [7, 11) is 0. The number of rotatable bonds is 4. The van der Waals surface area contributed by atoms with Crippen molar-refractivity contribution in [2.24, 2.45) is 5.84 Å². The molecule has 1 atom stereocenters. The second kappa shape index (κ2) is 7.00. The Hall–Kier alpha value is -0.460. The molecule has 0 radical (unpaired) electrons. The third kappa shape index (κ3) is 4.02. The molecular weight excluding hydrogens is 410 g/mol. The molecular formula is C14H12Br2ClFN2. The van der Waals surface area contributed by atoms with Gasteiger partial charge in [-0.15, -0.1) is 0 Å². The zero-order valence-electron chi connectivity index (χ0n) is 10.3. The Balaban J connectivity index is 2.28. The maximum absolute atomic E-state index is 13.8. The Kier molecular flexibility index (Phi) is 5.57. The molecule has 0 aliphatic heterocycles. The fourth-order valence-electron chi connectivity index (χ4n) is 1.96. The normalized spacial score (nSPS) is 12.4. The van der Waals surface area contributed by atoms with Gasteiger partial charge >= 0.3 is 0 Å². The van der Waals surface area contributed by atoms with E-state index in [9.17, 15) is 4.39 Å². The molecule has 0 aliphatic carbocycles. The molecule has 0 saturated heterocycles. The molecule has 2 nitrogen and oxygen atoms in total. The van der Waals surface area contributed by atoms with Gasteiger partial charge in [0.05, 0.1) is 6.04 Å². The van der Waals surface area contributed by atoms with Crippen molar-refractivity contribution in [2.75, 3.05) is 0 Å². The first kappa shape index (κ1) is 15.9. The smallest absolute Gasteiger partial charge is 0.127 e. The van der Waals surface area contributed by atoms with E-state index in [1.165, 1.54) is 6.07 Å². The fraction of sp³-hybridized carbons (Fsp3) is 0.143. The first-order chi connectivity index (χ1) is 9.49. The predicted octanol–water partition coefficient (Wildman–Crippen LogP) is 4.75. The van der Waals surface area contributed by atoms with Crippen LogP contribution in [0.1, 0.15) is 17.2 Å².